The van der Waals surface area contributed by atoms with Gasteiger partial charge in [-0.2, -0.15) is 0 Å². The molecule has 0 aromatic heterocycles. The first kappa shape index (κ1) is 21.8. The van der Waals surface area contributed by atoms with E-state index in [2.05, 4.69) is 31.8 Å². The van der Waals surface area contributed by atoms with Crippen molar-refractivity contribution < 1.29 is 14.6 Å². The quantitative estimate of drug-likeness (QED) is 0.354. The van der Waals surface area contributed by atoms with Crippen LogP contribution in [0, 0.1) is 40.4 Å². The van der Waals surface area contributed by atoms with Crippen molar-refractivity contribution in [2.75, 3.05) is 0 Å². The third-order valence-electron chi connectivity index (χ3n) is 9.73. The van der Waals surface area contributed by atoms with Gasteiger partial charge in [0.05, 0.1) is 0 Å². The second-order valence-electron chi connectivity index (χ2n) is 11.2. The van der Waals surface area contributed by atoms with Crippen LogP contribution >= 0.6 is 0 Å². The third-order valence-corrected chi connectivity index (χ3v) is 9.73. The highest BCUT2D eigenvalue weighted by Gasteiger charge is 2.63. The minimum Gasteiger partial charge on any atom is -0.462 e. The standard InChI is InChI=1S/C29H36O3/c1-20(30)32-23-12-15-27(2)22(19-23)9-10-24-25(27)13-16-28(3)26(24)14-18-29(28,31)17-11-21-7-5-4-6-8-21/h4-9,23-26,31H,10,12-16,18-19H2,1-3H3/t23-,24-,25-,26-,27+,28-,29+/m1/s1. The molecule has 0 aliphatic heterocycles. The molecule has 0 heterocycles. The molecule has 1 aromatic rings. The molecule has 170 valence electrons. The zero-order valence-corrected chi connectivity index (χ0v) is 19.7. The maximum Gasteiger partial charge on any atom is 0.302 e. The lowest BCUT2D eigenvalue weighted by Crippen LogP contribution is -2.54. The number of allylic oxidation sites excluding steroid dienone is 1. The van der Waals surface area contributed by atoms with Gasteiger partial charge in [-0.1, -0.05) is 55.5 Å². The summed E-state index contributed by atoms with van der Waals surface area (Å²) in [7, 11) is 0. The largest absolute Gasteiger partial charge is 0.462 e. The van der Waals surface area contributed by atoms with Crippen LogP contribution in [0.5, 0.6) is 0 Å². The van der Waals surface area contributed by atoms with Gasteiger partial charge in [0.1, 0.15) is 11.7 Å². The van der Waals surface area contributed by atoms with Crippen molar-refractivity contribution in [3.05, 3.63) is 47.5 Å². The zero-order chi connectivity index (χ0) is 22.6. The SMILES string of the molecule is CC(=O)O[C@@H]1CC[C@@]2(C)C(=CC[C@@H]3[C@H]2CC[C@]2(C)[C@@H]3CC[C@@]2(O)C#Cc2ccccc2)C1. The minimum absolute atomic E-state index is 0.0436. The summed E-state index contributed by atoms with van der Waals surface area (Å²) in [4.78, 5) is 11.5. The van der Waals surface area contributed by atoms with E-state index in [1.165, 1.54) is 12.5 Å². The summed E-state index contributed by atoms with van der Waals surface area (Å²) in [6, 6.07) is 10.0. The van der Waals surface area contributed by atoms with Crippen LogP contribution < -0.4 is 0 Å². The highest BCUT2D eigenvalue weighted by molar-refractivity contribution is 5.66. The number of carbonyl (C=O) groups is 1. The van der Waals surface area contributed by atoms with E-state index in [4.69, 9.17) is 4.74 Å². The van der Waals surface area contributed by atoms with E-state index in [0.717, 1.165) is 56.9 Å². The molecule has 7 atom stereocenters. The van der Waals surface area contributed by atoms with Crippen molar-refractivity contribution in [2.24, 2.45) is 28.6 Å². The number of benzene rings is 1. The summed E-state index contributed by atoms with van der Waals surface area (Å²) >= 11 is 0. The number of rotatable bonds is 1. The Hall–Kier alpha value is -2.05. The van der Waals surface area contributed by atoms with Crippen LogP contribution in [0.1, 0.15) is 77.7 Å². The highest BCUT2D eigenvalue weighted by atomic mass is 16.5. The molecule has 1 aromatic carbocycles. The van der Waals surface area contributed by atoms with Gasteiger partial charge in [0.2, 0.25) is 0 Å². The number of hydrogen-bond donors (Lipinski definition) is 1. The van der Waals surface area contributed by atoms with Gasteiger partial charge in [0, 0.05) is 24.3 Å². The highest BCUT2D eigenvalue weighted by Crippen LogP contribution is 2.67. The van der Waals surface area contributed by atoms with Crippen molar-refractivity contribution in [1.82, 2.24) is 0 Å². The molecule has 1 N–H and O–H groups in total. The number of hydrogen-bond acceptors (Lipinski definition) is 3. The van der Waals surface area contributed by atoms with E-state index in [9.17, 15) is 9.90 Å². The van der Waals surface area contributed by atoms with Gasteiger partial charge in [-0.3, -0.25) is 4.79 Å². The average molecular weight is 433 g/mol. The molecule has 0 saturated heterocycles. The van der Waals surface area contributed by atoms with Crippen LogP contribution in [0.2, 0.25) is 0 Å². The molecule has 0 unspecified atom stereocenters. The smallest absolute Gasteiger partial charge is 0.302 e. The summed E-state index contributed by atoms with van der Waals surface area (Å²) in [5.41, 5.74) is 1.64. The van der Waals surface area contributed by atoms with Crippen molar-refractivity contribution in [3.8, 4) is 11.8 Å². The van der Waals surface area contributed by atoms with Gasteiger partial charge in [-0.15, -0.1) is 0 Å². The third kappa shape index (κ3) is 3.34. The second kappa shape index (κ2) is 7.77. The number of esters is 1. The molecule has 3 saturated carbocycles. The van der Waals surface area contributed by atoms with Crippen LogP contribution in [0.25, 0.3) is 0 Å². The van der Waals surface area contributed by atoms with Gasteiger partial charge in [0.15, 0.2) is 0 Å². The molecule has 0 amide bonds. The number of carbonyl (C=O) groups excluding carboxylic acids is 1. The first-order valence-electron chi connectivity index (χ1n) is 12.4. The molecule has 4 aliphatic rings. The fourth-order valence-electron chi connectivity index (χ4n) is 7.88. The maximum absolute atomic E-state index is 11.8. The predicted octanol–water partition coefficient (Wildman–Crippen LogP) is 5.66. The van der Waals surface area contributed by atoms with Crippen molar-refractivity contribution >= 4 is 5.97 Å². The van der Waals surface area contributed by atoms with Gasteiger partial charge < -0.3 is 9.84 Å². The molecule has 0 spiro atoms. The van der Waals surface area contributed by atoms with Gasteiger partial charge in [0.25, 0.3) is 0 Å². The molecular formula is C29H36O3. The van der Waals surface area contributed by atoms with Crippen LogP contribution in [0.4, 0.5) is 0 Å². The van der Waals surface area contributed by atoms with E-state index >= 15 is 0 Å². The van der Waals surface area contributed by atoms with E-state index in [0.29, 0.717) is 17.8 Å². The van der Waals surface area contributed by atoms with Crippen molar-refractivity contribution in [1.29, 1.82) is 0 Å². The van der Waals surface area contributed by atoms with Crippen molar-refractivity contribution in [2.45, 2.75) is 83.8 Å². The summed E-state index contributed by atoms with van der Waals surface area (Å²) < 4.78 is 5.57. The Morgan fingerprint density at radius 3 is 2.56 bits per heavy atom. The molecule has 0 radical (unpaired) electrons. The topological polar surface area (TPSA) is 46.5 Å². The van der Waals surface area contributed by atoms with Crippen LogP contribution in [0.15, 0.2) is 42.0 Å². The average Bonchev–Trinajstić information content (AvgIpc) is 3.04. The van der Waals surface area contributed by atoms with Gasteiger partial charge in [-0.25, -0.2) is 0 Å². The molecular weight excluding hydrogens is 396 g/mol. The first-order valence-corrected chi connectivity index (χ1v) is 12.4. The number of ether oxygens (including phenoxy) is 1. The number of aliphatic hydroxyl groups is 1. The monoisotopic (exact) mass is 432 g/mol. The molecule has 4 aliphatic carbocycles. The minimum atomic E-state index is -0.906. The molecule has 3 fully saturated rings. The Balaban J connectivity index is 1.40. The Labute approximate surface area is 192 Å². The predicted molar refractivity (Wildman–Crippen MR) is 126 cm³/mol. The zero-order valence-electron chi connectivity index (χ0n) is 19.7. The lowest BCUT2D eigenvalue weighted by atomic mass is 9.47. The summed E-state index contributed by atoms with van der Waals surface area (Å²) in [6.07, 6.45) is 10.6. The lowest BCUT2D eigenvalue weighted by molar-refractivity contribution is -0.149. The van der Waals surface area contributed by atoms with Crippen LogP contribution in [0.3, 0.4) is 0 Å². The fraction of sp³-hybridized carbons (Fsp3) is 0.621. The lowest BCUT2D eigenvalue weighted by Gasteiger charge is -2.58. The van der Waals surface area contributed by atoms with Crippen molar-refractivity contribution in [3.63, 3.8) is 0 Å². The molecule has 3 nitrogen and oxygen atoms in total. The molecule has 5 rings (SSSR count). The molecule has 3 heteroatoms. The summed E-state index contributed by atoms with van der Waals surface area (Å²) in [5.74, 6) is 8.23. The first-order chi connectivity index (χ1) is 15.3. The van der Waals surface area contributed by atoms with Crippen LogP contribution in [-0.2, 0) is 9.53 Å². The Bertz CT molecular complexity index is 985. The number of fused-ring (bicyclic) bond motifs is 5. The normalized spacial score (nSPS) is 42.4. The summed E-state index contributed by atoms with van der Waals surface area (Å²) in [6.45, 7) is 6.28. The van der Waals surface area contributed by atoms with E-state index in [1.807, 2.05) is 30.3 Å². The maximum atomic E-state index is 11.8. The fourth-order valence-corrected chi connectivity index (χ4v) is 7.88. The summed E-state index contributed by atoms with van der Waals surface area (Å²) in [5, 5.41) is 11.8. The van der Waals surface area contributed by atoms with E-state index in [-0.39, 0.29) is 22.9 Å². The van der Waals surface area contributed by atoms with E-state index < -0.39 is 5.60 Å². The van der Waals surface area contributed by atoms with Gasteiger partial charge in [-0.05, 0) is 80.2 Å². The van der Waals surface area contributed by atoms with Crippen LogP contribution in [-0.4, -0.2) is 22.8 Å². The second-order valence-corrected chi connectivity index (χ2v) is 11.2. The molecule has 32 heavy (non-hydrogen) atoms. The Kier molecular flexibility index (Phi) is 5.29. The van der Waals surface area contributed by atoms with Gasteiger partial charge >= 0.3 is 5.97 Å². The molecule has 0 bridgehead atoms. The van der Waals surface area contributed by atoms with E-state index in [1.54, 1.807) is 0 Å². The Morgan fingerprint density at radius 2 is 1.81 bits per heavy atom. The Morgan fingerprint density at radius 1 is 1.06 bits per heavy atom.